The predicted octanol–water partition coefficient (Wildman–Crippen LogP) is 5.41. The monoisotopic (exact) mass is 427 g/mol. The fraction of sp³-hybridized carbons (Fsp3) is 0.167. The summed E-state index contributed by atoms with van der Waals surface area (Å²) in [4.78, 5) is 25.4. The summed E-state index contributed by atoms with van der Waals surface area (Å²) in [5.41, 5.74) is 0.474. The second-order valence-corrected chi connectivity index (χ2v) is 6.90. The van der Waals surface area contributed by atoms with Gasteiger partial charge in [-0.05, 0) is 36.2 Å². The molecule has 0 aliphatic heterocycles. The van der Waals surface area contributed by atoms with Gasteiger partial charge in [-0.15, -0.1) is 0 Å². The zero-order valence-electron chi connectivity index (χ0n) is 16.6. The minimum atomic E-state index is -4.53. The number of alkyl halides is 3. The number of halogens is 3. The minimum Gasteiger partial charge on any atom is -0.452 e. The zero-order chi connectivity index (χ0) is 22.4. The summed E-state index contributed by atoms with van der Waals surface area (Å²) in [6.45, 7) is 1.37. The first-order valence-corrected chi connectivity index (χ1v) is 9.54. The number of hydrogen-bond acceptors (Lipinski definition) is 3. The van der Waals surface area contributed by atoms with Gasteiger partial charge in [0.2, 0.25) is 0 Å². The van der Waals surface area contributed by atoms with Gasteiger partial charge in [-0.3, -0.25) is 9.59 Å². The number of esters is 1. The Balaban J connectivity index is 1.74. The van der Waals surface area contributed by atoms with Crippen molar-refractivity contribution in [2.45, 2.75) is 25.1 Å². The van der Waals surface area contributed by atoms with E-state index in [4.69, 9.17) is 4.74 Å². The van der Waals surface area contributed by atoms with E-state index in [0.29, 0.717) is 11.1 Å². The first-order valence-electron chi connectivity index (χ1n) is 9.54. The topological polar surface area (TPSA) is 55.4 Å². The van der Waals surface area contributed by atoms with E-state index in [2.05, 4.69) is 5.32 Å². The number of anilines is 1. The van der Waals surface area contributed by atoms with Gasteiger partial charge in [0.25, 0.3) is 5.91 Å². The minimum absolute atomic E-state index is 0.0367. The molecule has 0 bridgehead atoms. The Bertz CT molecular complexity index is 997. The number of ether oxygens (including phenoxy) is 1. The lowest BCUT2D eigenvalue weighted by Gasteiger charge is -2.20. The van der Waals surface area contributed by atoms with Crippen molar-refractivity contribution < 1.29 is 27.5 Å². The van der Waals surface area contributed by atoms with Crippen molar-refractivity contribution in [2.75, 3.05) is 5.32 Å². The zero-order valence-corrected chi connectivity index (χ0v) is 16.6. The van der Waals surface area contributed by atoms with Gasteiger partial charge in [-0.1, -0.05) is 66.7 Å². The number of benzene rings is 3. The van der Waals surface area contributed by atoms with Crippen LogP contribution >= 0.6 is 0 Å². The first kappa shape index (κ1) is 22.1. The number of hydrogen-bond donors (Lipinski definition) is 1. The molecule has 31 heavy (non-hydrogen) atoms. The third-order valence-electron chi connectivity index (χ3n) is 4.62. The average molecular weight is 427 g/mol. The van der Waals surface area contributed by atoms with E-state index in [1.165, 1.54) is 19.1 Å². The molecule has 160 valence electrons. The Labute approximate surface area is 177 Å². The smallest absolute Gasteiger partial charge is 0.416 e. The van der Waals surface area contributed by atoms with E-state index in [-0.39, 0.29) is 5.69 Å². The number of carbonyl (C=O) groups excluding carboxylic acids is 2. The molecular formula is C24H20F3NO3. The molecular weight excluding hydrogens is 407 g/mol. The molecule has 3 rings (SSSR count). The lowest BCUT2D eigenvalue weighted by molar-refractivity contribution is -0.153. The molecule has 0 aliphatic carbocycles. The Morgan fingerprint density at radius 3 is 1.90 bits per heavy atom. The van der Waals surface area contributed by atoms with Gasteiger partial charge in [0.05, 0.1) is 5.56 Å². The van der Waals surface area contributed by atoms with Crippen LogP contribution in [0.3, 0.4) is 0 Å². The van der Waals surface area contributed by atoms with Crippen LogP contribution in [0.5, 0.6) is 0 Å². The maximum atomic E-state index is 12.9. The molecule has 0 unspecified atom stereocenters. The van der Waals surface area contributed by atoms with Gasteiger partial charge < -0.3 is 10.1 Å². The summed E-state index contributed by atoms with van der Waals surface area (Å²) in [6, 6.07) is 22.2. The highest BCUT2D eigenvalue weighted by Gasteiger charge is 2.31. The van der Waals surface area contributed by atoms with E-state index in [1.807, 2.05) is 12.1 Å². The average Bonchev–Trinajstić information content (AvgIpc) is 2.75. The summed E-state index contributed by atoms with van der Waals surface area (Å²) >= 11 is 0. The first-order chi connectivity index (χ1) is 14.8. The molecule has 0 saturated heterocycles. The number of nitrogens with one attached hydrogen (secondary N) is 1. The van der Waals surface area contributed by atoms with Crippen LogP contribution < -0.4 is 5.32 Å². The Kier molecular flexibility index (Phi) is 6.74. The summed E-state index contributed by atoms with van der Waals surface area (Å²) in [5, 5.41) is 2.36. The van der Waals surface area contributed by atoms with Gasteiger partial charge >= 0.3 is 12.1 Å². The van der Waals surface area contributed by atoms with E-state index in [9.17, 15) is 22.8 Å². The van der Waals surface area contributed by atoms with Crippen LogP contribution in [0, 0.1) is 0 Å². The lowest BCUT2D eigenvalue weighted by Crippen LogP contribution is -2.32. The number of amides is 1. The second-order valence-electron chi connectivity index (χ2n) is 6.90. The fourth-order valence-corrected chi connectivity index (χ4v) is 3.07. The number of carbonyl (C=O) groups is 2. The van der Waals surface area contributed by atoms with E-state index in [1.54, 1.807) is 48.5 Å². The fourth-order valence-electron chi connectivity index (χ4n) is 3.07. The molecule has 0 saturated carbocycles. The molecule has 7 heteroatoms. The third-order valence-corrected chi connectivity index (χ3v) is 4.62. The highest BCUT2D eigenvalue weighted by molar-refractivity contribution is 5.95. The SMILES string of the molecule is C[C@H](OC(=O)C(c1ccccc1)c1ccccc1)C(=O)Nc1cccc(C(F)(F)F)c1. The molecule has 0 spiro atoms. The van der Waals surface area contributed by atoms with Crippen molar-refractivity contribution in [1.82, 2.24) is 0 Å². The van der Waals surface area contributed by atoms with E-state index >= 15 is 0 Å². The van der Waals surface area contributed by atoms with Gasteiger partial charge in [0.15, 0.2) is 6.10 Å². The van der Waals surface area contributed by atoms with Crippen LogP contribution in [-0.2, 0) is 20.5 Å². The highest BCUT2D eigenvalue weighted by atomic mass is 19.4. The Morgan fingerprint density at radius 1 is 0.839 bits per heavy atom. The molecule has 3 aromatic carbocycles. The highest BCUT2D eigenvalue weighted by Crippen LogP contribution is 2.31. The van der Waals surface area contributed by atoms with E-state index < -0.39 is 35.6 Å². The van der Waals surface area contributed by atoms with Crippen LogP contribution in [0.25, 0.3) is 0 Å². The summed E-state index contributed by atoms with van der Waals surface area (Å²) in [7, 11) is 0. The molecule has 4 nitrogen and oxygen atoms in total. The number of rotatable bonds is 6. The van der Waals surface area contributed by atoms with Crippen molar-refractivity contribution in [3.8, 4) is 0 Å². The maximum absolute atomic E-state index is 12.9. The van der Waals surface area contributed by atoms with Crippen molar-refractivity contribution >= 4 is 17.6 Å². The van der Waals surface area contributed by atoms with Crippen LogP contribution in [-0.4, -0.2) is 18.0 Å². The second kappa shape index (κ2) is 9.47. The molecule has 0 aromatic heterocycles. The predicted molar refractivity (Wildman–Crippen MR) is 110 cm³/mol. The van der Waals surface area contributed by atoms with Crippen molar-refractivity contribution in [3.63, 3.8) is 0 Å². The summed E-state index contributed by atoms with van der Waals surface area (Å²) < 4.78 is 44.0. The Morgan fingerprint density at radius 2 is 1.39 bits per heavy atom. The van der Waals surface area contributed by atoms with Gasteiger partial charge in [-0.2, -0.15) is 13.2 Å². The van der Waals surface area contributed by atoms with Crippen LogP contribution in [0.4, 0.5) is 18.9 Å². The lowest BCUT2D eigenvalue weighted by atomic mass is 9.91. The standard InChI is InChI=1S/C24H20F3NO3/c1-16(22(29)28-20-14-8-13-19(15-20)24(25,26)27)31-23(30)21(17-9-4-2-5-10-17)18-11-6-3-7-12-18/h2-16,21H,1H3,(H,28,29)/t16-/m0/s1. The molecule has 3 aromatic rings. The quantitative estimate of drug-likeness (QED) is 0.536. The summed E-state index contributed by atoms with van der Waals surface area (Å²) in [6.07, 6.45) is -5.74. The molecule has 1 atom stereocenters. The third kappa shape index (κ3) is 5.72. The molecule has 1 N–H and O–H groups in total. The van der Waals surface area contributed by atoms with E-state index in [0.717, 1.165) is 12.1 Å². The molecule has 0 radical (unpaired) electrons. The maximum Gasteiger partial charge on any atom is 0.416 e. The van der Waals surface area contributed by atoms with Crippen LogP contribution in [0.15, 0.2) is 84.9 Å². The van der Waals surface area contributed by atoms with Gasteiger partial charge in [-0.25, -0.2) is 0 Å². The normalized spacial score (nSPS) is 12.3. The summed E-state index contributed by atoms with van der Waals surface area (Å²) in [5.74, 6) is -2.11. The van der Waals surface area contributed by atoms with Crippen molar-refractivity contribution in [2.24, 2.45) is 0 Å². The van der Waals surface area contributed by atoms with Gasteiger partial charge in [0.1, 0.15) is 5.92 Å². The molecule has 1 amide bonds. The van der Waals surface area contributed by atoms with Crippen molar-refractivity contribution in [3.05, 3.63) is 102 Å². The molecule has 0 fully saturated rings. The van der Waals surface area contributed by atoms with Crippen LogP contribution in [0.1, 0.15) is 29.5 Å². The van der Waals surface area contributed by atoms with Crippen LogP contribution in [0.2, 0.25) is 0 Å². The Hall–Kier alpha value is -3.61. The largest absolute Gasteiger partial charge is 0.452 e. The van der Waals surface area contributed by atoms with Crippen molar-refractivity contribution in [1.29, 1.82) is 0 Å². The van der Waals surface area contributed by atoms with Gasteiger partial charge in [0, 0.05) is 5.69 Å². The molecule has 0 heterocycles. The molecule has 0 aliphatic rings.